The van der Waals surface area contributed by atoms with Gasteiger partial charge in [-0.05, 0) is 20.8 Å². The average molecular weight is 198 g/mol. The van der Waals surface area contributed by atoms with E-state index in [-0.39, 0.29) is 5.54 Å². The molecule has 0 spiro atoms. The van der Waals surface area contributed by atoms with E-state index in [4.69, 9.17) is 0 Å². The molecule has 1 aliphatic rings. The lowest BCUT2D eigenvalue weighted by molar-refractivity contribution is -0.108. The van der Waals surface area contributed by atoms with Crippen molar-refractivity contribution in [2.75, 3.05) is 32.7 Å². The zero-order valence-corrected chi connectivity index (χ0v) is 9.62. The van der Waals surface area contributed by atoms with E-state index in [2.05, 4.69) is 30.6 Å². The molecule has 1 aliphatic heterocycles. The number of rotatable bonds is 3. The van der Waals surface area contributed by atoms with Gasteiger partial charge >= 0.3 is 0 Å². The summed E-state index contributed by atoms with van der Waals surface area (Å²) in [6, 6.07) is 0. The molecule has 0 unspecified atom stereocenters. The van der Waals surface area contributed by atoms with Crippen LogP contribution in [0.2, 0.25) is 0 Å². The minimum Gasteiger partial charge on any atom is -0.303 e. The Balaban J connectivity index is 2.27. The summed E-state index contributed by atoms with van der Waals surface area (Å²) in [7, 11) is 0. The molecule has 1 fully saturated rings. The summed E-state index contributed by atoms with van der Waals surface area (Å²) in [4.78, 5) is 15.1. The normalized spacial score (nSPS) is 21.1. The minimum atomic E-state index is 0.288. The van der Waals surface area contributed by atoms with Crippen molar-refractivity contribution in [1.29, 1.82) is 0 Å². The van der Waals surface area contributed by atoms with Crippen molar-refractivity contribution in [2.45, 2.75) is 32.7 Å². The SMILES string of the molecule is CC(C)(C)N1CCN(CCC=O)CC1. The Labute approximate surface area is 87.1 Å². The molecule has 1 heterocycles. The predicted octanol–water partition coefficient (Wildman–Crippen LogP) is 0.991. The van der Waals surface area contributed by atoms with E-state index in [1.54, 1.807) is 0 Å². The summed E-state index contributed by atoms with van der Waals surface area (Å²) < 4.78 is 0. The highest BCUT2D eigenvalue weighted by molar-refractivity contribution is 5.49. The van der Waals surface area contributed by atoms with Crippen LogP contribution in [0.5, 0.6) is 0 Å². The van der Waals surface area contributed by atoms with Crippen LogP contribution in [0.15, 0.2) is 0 Å². The Kier molecular flexibility index (Phi) is 4.08. The zero-order valence-electron chi connectivity index (χ0n) is 9.62. The van der Waals surface area contributed by atoms with E-state index in [1.165, 1.54) is 0 Å². The lowest BCUT2D eigenvalue weighted by atomic mass is 10.1. The maximum atomic E-state index is 10.2. The minimum absolute atomic E-state index is 0.288. The molecule has 0 amide bonds. The monoisotopic (exact) mass is 198 g/mol. The van der Waals surface area contributed by atoms with Crippen molar-refractivity contribution >= 4 is 6.29 Å². The molecule has 0 aromatic carbocycles. The first-order valence-corrected chi connectivity index (χ1v) is 5.45. The van der Waals surface area contributed by atoms with Gasteiger partial charge in [0, 0.05) is 44.7 Å². The molecule has 0 atom stereocenters. The largest absolute Gasteiger partial charge is 0.303 e. The van der Waals surface area contributed by atoms with E-state index in [0.29, 0.717) is 6.42 Å². The van der Waals surface area contributed by atoms with Gasteiger partial charge in [-0.2, -0.15) is 0 Å². The fourth-order valence-corrected chi connectivity index (χ4v) is 1.88. The number of hydrogen-bond acceptors (Lipinski definition) is 3. The van der Waals surface area contributed by atoms with Gasteiger partial charge in [0.2, 0.25) is 0 Å². The van der Waals surface area contributed by atoms with E-state index in [1.807, 2.05) is 0 Å². The van der Waals surface area contributed by atoms with E-state index in [9.17, 15) is 4.79 Å². The summed E-state index contributed by atoms with van der Waals surface area (Å²) in [5.41, 5.74) is 0.288. The second kappa shape index (κ2) is 4.89. The molecule has 0 saturated carbocycles. The maximum absolute atomic E-state index is 10.2. The highest BCUT2D eigenvalue weighted by Crippen LogP contribution is 2.15. The molecule has 0 N–H and O–H groups in total. The van der Waals surface area contributed by atoms with Crippen molar-refractivity contribution < 1.29 is 4.79 Å². The lowest BCUT2D eigenvalue weighted by Crippen LogP contribution is -2.53. The molecule has 0 aromatic rings. The summed E-state index contributed by atoms with van der Waals surface area (Å²) >= 11 is 0. The Bertz CT molecular complexity index is 178. The van der Waals surface area contributed by atoms with Gasteiger partial charge in [-0.15, -0.1) is 0 Å². The Morgan fingerprint density at radius 3 is 2.14 bits per heavy atom. The van der Waals surface area contributed by atoms with Gasteiger partial charge in [0.1, 0.15) is 6.29 Å². The standard InChI is InChI=1S/C11H22N2O/c1-11(2,3)13-8-6-12(7-9-13)5-4-10-14/h10H,4-9H2,1-3H3. The third-order valence-corrected chi connectivity index (χ3v) is 2.88. The Morgan fingerprint density at radius 2 is 1.71 bits per heavy atom. The first-order chi connectivity index (χ1) is 6.54. The van der Waals surface area contributed by atoms with Gasteiger partial charge in [0.15, 0.2) is 0 Å². The second-order valence-corrected chi connectivity index (χ2v) is 4.95. The Morgan fingerprint density at radius 1 is 1.14 bits per heavy atom. The average Bonchev–Trinajstić information content (AvgIpc) is 2.14. The number of carbonyl (C=O) groups is 1. The van der Waals surface area contributed by atoms with Crippen molar-refractivity contribution in [3.63, 3.8) is 0 Å². The first kappa shape index (κ1) is 11.7. The fourth-order valence-electron chi connectivity index (χ4n) is 1.88. The van der Waals surface area contributed by atoms with Crippen LogP contribution < -0.4 is 0 Å². The van der Waals surface area contributed by atoms with E-state index in [0.717, 1.165) is 39.0 Å². The van der Waals surface area contributed by atoms with Crippen molar-refractivity contribution in [3.8, 4) is 0 Å². The van der Waals surface area contributed by atoms with E-state index >= 15 is 0 Å². The quantitative estimate of drug-likeness (QED) is 0.632. The van der Waals surface area contributed by atoms with Gasteiger partial charge in [-0.3, -0.25) is 4.90 Å². The molecule has 0 aromatic heterocycles. The van der Waals surface area contributed by atoms with Crippen LogP contribution in [-0.2, 0) is 4.79 Å². The fraction of sp³-hybridized carbons (Fsp3) is 0.909. The molecule has 3 nitrogen and oxygen atoms in total. The van der Waals surface area contributed by atoms with Crippen LogP contribution >= 0.6 is 0 Å². The lowest BCUT2D eigenvalue weighted by Gasteiger charge is -2.42. The molecular formula is C11H22N2O. The molecule has 3 heteroatoms. The first-order valence-electron chi connectivity index (χ1n) is 5.45. The van der Waals surface area contributed by atoms with Gasteiger partial charge in [-0.1, -0.05) is 0 Å². The van der Waals surface area contributed by atoms with Gasteiger partial charge in [-0.25, -0.2) is 0 Å². The third kappa shape index (κ3) is 3.39. The molecule has 82 valence electrons. The number of carbonyl (C=O) groups excluding carboxylic acids is 1. The number of nitrogens with zero attached hydrogens (tertiary/aromatic N) is 2. The maximum Gasteiger partial charge on any atom is 0.121 e. The van der Waals surface area contributed by atoms with E-state index < -0.39 is 0 Å². The number of hydrogen-bond donors (Lipinski definition) is 0. The highest BCUT2D eigenvalue weighted by atomic mass is 16.1. The summed E-state index contributed by atoms with van der Waals surface area (Å²) in [5.74, 6) is 0. The third-order valence-electron chi connectivity index (χ3n) is 2.88. The summed E-state index contributed by atoms with van der Waals surface area (Å²) in [6.45, 7) is 12.2. The number of aldehydes is 1. The molecule has 0 bridgehead atoms. The van der Waals surface area contributed by atoms with Crippen LogP contribution in [-0.4, -0.2) is 54.3 Å². The topological polar surface area (TPSA) is 23.6 Å². The van der Waals surface area contributed by atoms with Crippen molar-refractivity contribution in [3.05, 3.63) is 0 Å². The molecule has 0 radical (unpaired) electrons. The van der Waals surface area contributed by atoms with Gasteiger partial charge < -0.3 is 9.69 Å². The zero-order chi connectivity index (χ0) is 10.6. The van der Waals surface area contributed by atoms with Crippen LogP contribution in [0.3, 0.4) is 0 Å². The summed E-state index contributed by atoms with van der Waals surface area (Å²) in [6.07, 6.45) is 1.69. The van der Waals surface area contributed by atoms with Gasteiger partial charge in [0.05, 0.1) is 0 Å². The predicted molar refractivity (Wildman–Crippen MR) is 58.4 cm³/mol. The highest BCUT2D eigenvalue weighted by Gasteiger charge is 2.25. The molecule has 14 heavy (non-hydrogen) atoms. The van der Waals surface area contributed by atoms with Crippen LogP contribution in [0.1, 0.15) is 27.2 Å². The molecular weight excluding hydrogens is 176 g/mol. The molecule has 1 rings (SSSR count). The molecule has 0 aliphatic carbocycles. The van der Waals surface area contributed by atoms with Crippen molar-refractivity contribution in [2.24, 2.45) is 0 Å². The van der Waals surface area contributed by atoms with Crippen LogP contribution in [0, 0.1) is 0 Å². The van der Waals surface area contributed by atoms with Crippen LogP contribution in [0.4, 0.5) is 0 Å². The number of piperazine rings is 1. The molecule has 1 saturated heterocycles. The second-order valence-electron chi connectivity index (χ2n) is 4.95. The van der Waals surface area contributed by atoms with Gasteiger partial charge in [0.25, 0.3) is 0 Å². The summed E-state index contributed by atoms with van der Waals surface area (Å²) in [5, 5.41) is 0. The smallest absolute Gasteiger partial charge is 0.121 e. The van der Waals surface area contributed by atoms with Crippen molar-refractivity contribution in [1.82, 2.24) is 9.80 Å². The van der Waals surface area contributed by atoms with Crippen LogP contribution in [0.25, 0.3) is 0 Å². The Hall–Kier alpha value is -0.410.